The highest BCUT2D eigenvalue weighted by Gasteiger charge is 2.74. The second kappa shape index (κ2) is 10.5. The molecule has 1 saturated heterocycles. The van der Waals surface area contributed by atoms with Gasteiger partial charge in [0.25, 0.3) is 0 Å². The van der Waals surface area contributed by atoms with Crippen LogP contribution in [-0.2, 0) is 0 Å². The zero-order valence-corrected chi connectivity index (χ0v) is 29.8. The molecule has 4 heterocycles. The van der Waals surface area contributed by atoms with Gasteiger partial charge in [-0.05, 0) is 96.5 Å². The summed E-state index contributed by atoms with van der Waals surface area (Å²) in [5.74, 6) is 4.40. The van der Waals surface area contributed by atoms with Crippen LogP contribution in [0.5, 0.6) is 0 Å². The fourth-order valence-corrected chi connectivity index (χ4v) is 11.9. The van der Waals surface area contributed by atoms with Crippen LogP contribution in [0.4, 0.5) is 5.69 Å². The average molecular weight is 696 g/mol. The van der Waals surface area contributed by atoms with Crippen molar-refractivity contribution in [3.05, 3.63) is 152 Å². The summed E-state index contributed by atoms with van der Waals surface area (Å²) in [7, 11) is 0. The van der Waals surface area contributed by atoms with E-state index in [0.717, 1.165) is 56.9 Å². The van der Waals surface area contributed by atoms with Gasteiger partial charge in [0.15, 0.2) is 5.82 Å². The van der Waals surface area contributed by atoms with Crippen molar-refractivity contribution >= 4 is 49.3 Å². The normalized spacial score (nSPS) is 23.7. The van der Waals surface area contributed by atoms with Crippen molar-refractivity contribution in [3.8, 4) is 34.2 Å². The minimum atomic E-state index is 0.543. The van der Waals surface area contributed by atoms with E-state index in [1.165, 1.54) is 64.0 Å². The maximum absolute atomic E-state index is 5.59. The Hall–Kier alpha value is -6.20. The Morgan fingerprint density at radius 1 is 0.500 bits per heavy atom. The molecule has 3 aromatic heterocycles. The van der Waals surface area contributed by atoms with Gasteiger partial charge in [-0.3, -0.25) is 9.13 Å². The minimum Gasteiger partial charge on any atom is -0.364 e. The van der Waals surface area contributed by atoms with E-state index in [9.17, 15) is 0 Å². The van der Waals surface area contributed by atoms with E-state index in [1.54, 1.807) is 0 Å². The van der Waals surface area contributed by atoms with E-state index in [-0.39, 0.29) is 0 Å². The SMILES string of the molecule is c1ccc(-c2ccc3c(c2)c2ccccc2n3-c2cc(-n3c4ccccc4c4ccccc43)nc(-c3ccccc3N3C4CC5C6CC3C5(C6)C4)n2)cc1. The van der Waals surface area contributed by atoms with E-state index in [0.29, 0.717) is 17.5 Å². The second-order valence-corrected chi connectivity index (χ2v) is 16.3. The summed E-state index contributed by atoms with van der Waals surface area (Å²) in [5, 5.41) is 4.88. The van der Waals surface area contributed by atoms with Crippen LogP contribution in [0.1, 0.15) is 25.7 Å². The number of hydrogen-bond donors (Lipinski definition) is 0. The molecule has 5 unspecified atom stereocenters. The van der Waals surface area contributed by atoms with Gasteiger partial charge in [-0.15, -0.1) is 0 Å². The molecule has 3 bridgehead atoms. The summed E-state index contributed by atoms with van der Waals surface area (Å²) in [6.45, 7) is 0. The van der Waals surface area contributed by atoms with Crippen LogP contribution < -0.4 is 4.90 Å². The summed E-state index contributed by atoms with van der Waals surface area (Å²) in [4.78, 5) is 14.0. The molecule has 0 amide bonds. The fourth-order valence-electron chi connectivity index (χ4n) is 11.9. The van der Waals surface area contributed by atoms with Gasteiger partial charge in [-0.2, -0.15) is 0 Å². The first kappa shape index (κ1) is 29.3. The highest BCUT2D eigenvalue weighted by atomic mass is 15.3. The average Bonchev–Trinajstić information content (AvgIpc) is 4.03. The Kier molecular flexibility index (Phi) is 5.68. The molecule has 0 radical (unpaired) electrons. The van der Waals surface area contributed by atoms with E-state index < -0.39 is 0 Å². The Bertz CT molecular complexity index is 2960. The molecule has 54 heavy (non-hydrogen) atoms. The van der Waals surface area contributed by atoms with Crippen LogP contribution in [0.2, 0.25) is 0 Å². The number of fused-ring (bicyclic) bond motifs is 7. The van der Waals surface area contributed by atoms with Crippen molar-refractivity contribution in [2.75, 3.05) is 4.90 Å². The van der Waals surface area contributed by atoms with Crippen molar-refractivity contribution in [1.29, 1.82) is 0 Å². The molecule has 1 spiro atoms. The van der Waals surface area contributed by atoms with Gasteiger partial charge < -0.3 is 4.90 Å². The third-order valence-corrected chi connectivity index (χ3v) is 14.0. The monoisotopic (exact) mass is 695 g/mol. The van der Waals surface area contributed by atoms with E-state index in [1.807, 2.05) is 0 Å². The Morgan fingerprint density at radius 3 is 1.80 bits per heavy atom. The molecule has 5 nitrogen and oxygen atoms in total. The molecule has 4 aliphatic carbocycles. The zero-order chi connectivity index (χ0) is 35.1. The smallest absolute Gasteiger partial charge is 0.166 e. The van der Waals surface area contributed by atoms with Crippen LogP contribution in [-0.4, -0.2) is 31.2 Å². The number of benzene rings is 6. The Labute approximate surface area is 313 Å². The van der Waals surface area contributed by atoms with E-state index in [4.69, 9.17) is 9.97 Å². The van der Waals surface area contributed by atoms with Gasteiger partial charge in [0.05, 0.1) is 22.1 Å². The van der Waals surface area contributed by atoms with Crippen LogP contribution in [0.3, 0.4) is 0 Å². The van der Waals surface area contributed by atoms with Gasteiger partial charge in [0.2, 0.25) is 0 Å². The van der Waals surface area contributed by atoms with Crippen molar-refractivity contribution < 1.29 is 0 Å². The molecule has 6 aromatic carbocycles. The van der Waals surface area contributed by atoms with Crippen molar-refractivity contribution in [2.45, 2.75) is 37.8 Å². The standard InChI is InChI=1S/C49H37N5/c1-2-12-30(13-3-1)31-22-23-44-38(24-31)36-16-6-10-20-42(36)54(44)47-27-46(53-40-18-8-4-14-34(40)35-15-5-9-19-41(35)53)50-48(51-47)37-17-7-11-21-43(37)52-33-26-39-32-25-45(52)49(39,28-32)29-33/h1-24,27,32-33,39,45H,25-26,28-29H2. The lowest BCUT2D eigenvalue weighted by molar-refractivity contribution is 0.0578. The van der Waals surface area contributed by atoms with Gasteiger partial charge >= 0.3 is 0 Å². The molecule has 5 fully saturated rings. The first-order valence-electron chi connectivity index (χ1n) is 19.6. The summed E-state index contributed by atoms with van der Waals surface area (Å²) >= 11 is 0. The van der Waals surface area contributed by atoms with Gasteiger partial charge in [0.1, 0.15) is 11.6 Å². The van der Waals surface area contributed by atoms with E-state index >= 15 is 0 Å². The van der Waals surface area contributed by atoms with Crippen LogP contribution in [0, 0.1) is 17.3 Å². The maximum atomic E-state index is 5.59. The number of anilines is 1. The molecule has 5 heteroatoms. The molecule has 0 N–H and O–H groups in total. The van der Waals surface area contributed by atoms with Crippen LogP contribution in [0.25, 0.3) is 77.8 Å². The molecule has 258 valence electrons. The molecular formula is C49H37N5. The maximum Gasteiger partial charge on any atom is 0.166 e. The molecule has 5 atom stereocenters. The lowest BCUT2D eigenvalue weighted by Gasteiger charge is -2.47. The first-order valence-corrected chi connectivity index (χ1v) is 19.6. The highest BCUT2D eigenvalue weighted by molar-refractivity contribution is 6.11. The Balaban J connectivity index is 1.08. The third kappa shape index (κ3) is 3.74. The predicted molar refractivity (Wildman–Crippen MR) is 220 cm³/mol. The largest absolute Gasteiger partial charge is 0.364 e. The third-order valence-electron chi connectivity index (χ3n) is 14.0. The fraction of sp³-hybridized carbons (Fsp3) is 0.184. The highest BCUT2D eigenvalue weighted by Crippen LogP contribution is 2.76. The number of para-hydroxylation sites is 4. The second-order valence-electron chi connectivity index (χ2n) is 16.3. The van der Waals surface area contributed by atoms with Crippen molar-refractivity contribution in [1.82, 2.24) is 19.1 Å². The lowest BCUT2D eigenvalue weighted by atomic mass is 9.61. The summed E-state index contributed by atoms with van der Waals surface area (Å²) in [6.07, 6.45) is 5.47. The molecule has 14 rings (SSSR count). The zero-order valence-electron chi connectivity index (χ0n) is 29.8. The number of nitrogens with zero attached hydrogens (tertiary/aromatic N) is 5. The molecule has 9 aromatic rings. The first-order chi connectivity index (χ1) is 26.7. The molecule has 4 saturated carbocycles. The number of rotatable bonds is 5. The topological polar surface area (TPSA) is 38.9 Å². The summed E-state index contributed by atoms with van der Waals surface area (Å²) < 4.78 is 4.70. The summed E-state index contributed by atoms with van der Waals surface area (Å²) in [6, 6.07) is 56.2. The predicted octanol–water partition coefficient (Wildman–Crippen LogP) is 11.4. The number of aromatic nitrogens is 4. The molecule has 5 aliphatic rings. The van der Waals surface area contributed by atoms with Gasteiger partial charge in [-0.1, -0.05) is 103 Å². The van der Waals surface area contributed by atoms with Gasteiger partial charge in [0, 0.05) is 50.9 Å². The van der Waals surface area contributed by atoms with Crippen LogP contribution >= 0.6 is 0 Å². The van der Waals surface area contributed by atoms with Crippen molar-refractivity contribution in [3.63, 3.8) is 0 Å². The van der Waals surface area contributed by atoms with Crippen LogP contribution in [0.15, 0.2) is 152 Å². The number of hydrogen-bond acceptors (Lipinski definition) is 3. The quantitative estimate of drug-likeness (QED) is 0.180. The lowest BCUT2D eigenvalue weighted by Crippen LogP contribution is -2.48. The van der Waals surface area contributed by atoms with E-state index in [2.05, 4.69) is 166 Å². The molecule has 1 aliphatic heterocycles. The minimum absolute atomic E-state index is 0.543. The molecular weight excluding hydrogens is 659 g/mol. The Morgan fingerprint density at radius 2 is 1.09 bits per heavy atom. The van der Waals surface area contributed by atoms with Gasteiger partial charge in [-0.25, -0.2) is 9.97 Å². The summed E-state index contributed by atoms with van der Waals surface area (Å²) in [5.41, 5.74) is 9.95. The van der Waals surface area contributed by atoms with Crippen molar-refractivity contribution in [2.24, 2.45) is 17.3 Å². The number of piperidine rings is 1.